The van der Waals surface area contributed by atoms with Crippen molar-refractivity contribution in [2.45, 2.75) is 219 Å². The zero-order valence-electron chi connectivity index (χ0n) is 33.1. The van der Waals surface area contributed by atoms with Gasteiger partial charge in [0.05, 0.1) is 18.2 Å². The predicted octanol–water partition coefficient (Wildman–Crippen LogP) is 12.8. The molecule has 0 heterocycles. The Morgan fingerprint density at radius 2 is 1.02 bits per heavy atom. The number of aliphatic hydroxyl groups excluding tert-OH is 1. The molecule has 0 radical (unpaired) electrons. The minimum absolute atomic E-state index is 0.0955. The molecule has 2 N–H and O–H groups in total. The quantitative estimate of drug-likeness (QED) is 0.0701. The largest absolute Gasteiger partial charge is 0.389 e. The molecule has 3 atom stereocenters. The van der Waals surface area contributed by atoms with Crippen LogP contribution in [0.15, 0.2) is 36.4 Å². The van der Waals surface area contributed by atoms with E-state index in [1.165, 1.54) is 135 Å². The summed E-state index contributed by atoms with van der Waals surface area (Å²) in [5.41, 5.74) is 1.15. The van der Waals surface area contributed by atoms with E-state index < -0.39 is 6.10 Å². The maximum Gasteiger partial charge on any atom is 0.220 e. The topological polar surface area (TPSA) is 52.6 Å². The standard InChI is InChI=1S/C45H82N2O2/c1-5-9-12-15-18-19-20-21-22-23-24-25-31-36-44(48)46-42(8-4)45(49)43(38-37-41-34-29-28-30-35-41)47(39-32-26-16-13-10-6-2)40-33-27-17-14-11-7-3/h28-30,34-35,37-38,42-43,45,49H,5-27,31-33,36,39-40H2,1-4H3,(H,46,48)/b38-37+/t42-,43?,45-/m0/s1. The van der Waals surface area contributed by atoms with E-state index in [2.05, 4.69) is 74.3 Å². The van der Waals surface area contributed by atoms with Crippen molar-refractivity contribution < 1.29 is 9.90 Å². The second-order valence-corrected chi connectivity index (χ2v) is 14.9. The molecule has 0 fully saturated rings. The Labute approximate surface area is 305 Å². The van der Waals surface area contributed by atoms with Gasteiger partial charge in [-0.05, 0) is 44.3 Å². The van der Waals surface area contributed by atoms with Crippen molar-refractivity contribution in [1.82, 2.24) is 10.2 Å². The van der Waals surface area contributed by atoms with Crippen LogP contribution in [0.2, 0.25) is 0 Å². The zero-order chi connectivity index (χ0) is 35.6. The van der Waals surface area contributed by atoms with E-state index in [1.807, 2.05) is 6.07 Å². The highest BCUT2D eigenvalue weighted by atomic mass is 16.3. The Bertz CT molecular complexity index is 856. The van der Waals surface area contributed by atoms with Crippen LogP contribution in [-0.2, 0) is 4.79 Å². The highest BCUT2D eigenvalue weighted by molar-refractivity contribution is 5.76. The van der Waals surface area contributed by atoms with Crippen molar-refractivity contribution in [3.05, 3.63) is 42.0 Å². The fourth-order valence-corrected chi connectivity index (χ4v) is 7.08. The first-order chi connectivity index (χ1) is 24.1. The fourth-order valence-electron chi connectivity index (χ4n) is 7.08. The van der Waals surface area contributed by atoms with E-state index in [-0.39, 0.29) is 18.0 Å². The molecule has 284 valence electrons. The van der Waals surface area contributed by atoms with Crippen LogP contribution in [0.25, 0.3) is 6.08 Å². The Balaban J connectivity index is 2.72. The number of hydrogen-bond donors (Lipinski definition) is 2. The smallest absolute Gasteiger partial charge is 0.220 e. The number of rotatable bonds is 35. The molecule has 49 heavy (non-hydrogen) atoms. The van der Waals surface area contributed by atoms with E-state index in [9.17, 15) is 9.90 Å². The van der Waals surface area contributed by atoms with Crippen molar-refractivity contribution in [2.75, 3.05) is 13.1 Å². The number of nitrogens with zero attached hydrogens (tertiary/aromatic N) is 1. The molecule has 1 aromatic carbocycles. The first-order valence-electron chi connectivity index (χ1n) is 21.5. The van der Waals surface area contributed by atoms with Gasteiger partial charge < -0.3 is 10.4 Å². The summed E-state index contributed by atoms with van der Waals surface area (Å²) in [6.07, 6.45) is 37.2. The number of aliphatic hydroxyl groups is 1. The molecule has 4 nitrogen and oxygen atoms in total. The third kappa shape index (κ3) is 25.0. The summed E-state index contributed by atoms with van der Waals surface area (Å²) in [5.74, 6) is 0.0955. The SMILES string of the molecule is CCCCCCCCCCCCCCCC(=O)N[C@@H](CC)[C@H](O)C(/C=C/c1ccccc1)N(CCCCCCCC)CCCCCCCC. The molecule has 0 aromatic heterocycles. The van der Waals surface area contributed by atoms with Crippen molar-refractivity contribution in [2.24, 2.45) is 0 Å². The van der Waals surface area contributed by atoms with Crippen molar-refractivity contribution in [1.29, 1.82) is 0 Å². The van der Waals surface area contributed by atoms with Crippen LogP contribution in [0.1, 0.15) is 207 Å². The second kappa shape index (κ2) is 33.5. The first kappa shape index (κ1) is 45.4. The lowest BCUT2D eigenvalue weighted by Crippen LogP contribution is -2.53. The highest BCUT2D eigenvalue weighted by Gasteiger charge is 2.30. The van der Waals surface area contributed by atoms with E-state index >= 15 is 0 Å². The van der Waals surface area contributed by atoms with Gasteiger partial charge >= 0.3 is 0 Å². The maximum atomic E-state index is 13.1. The average molecular weight is 683 g/mol. The minimum Gasteiger partial charge on any atom is -0.389 e. The number of hydrogen-bond acceptors (Lipinski definition) is 3. The van der Waals surface area contributed by atoms with Crippen LogP contribution in [0.4, 0.5) is 0 Å². The maximum absolute atomic E-state index is 13.1. The van der Waals surface area contributed by atoms with Crippen LogP contribution in [0.3, 0.4) is 0 Å². The van der Waals surface area contributed by atoms with Gasteiger partial charge in [-0.15, -0.1) is 0 Å². The van der Waals surface area contributed by atoms with Gasteiger partial charge in [0.15, 0.2) is 0 Å². The molecule has 1 rings (SSSR count). The van der Waals surface area contributed by atoms with Crippen LogP contribution in [0.5, 0.6) is 0 Å². The molecule has 4 heteroatoms. The average Bonchev–Trinajstić information content (AvgIpc) is 3.12. The number of nitrogens with one attached hydrogen (secondary N) is 1. The normalized spacial score (nSPS) is 13.7. The Kier molecular flexibility index (Phi) is 31.0. The predicted molar refractivity (Wildman–Crippen MR) is 216 cm³/mol. The number of carbonyl (C=O) groups excluding carboxylic acids is 1. The summed E-state index contributed by atoms with van der Waals surface area (Å²) in [7, 11) is 0. The Hall–Kier alpha value is -1.65. The van der Waals surface area contributed by atoms with Crippen molar-refractivity contribution >= 4 is 12.0 Å². The lowest BCUT2D eigenvalue weighted by atomic mass is 9.96. The number of benzene rings is 1. The number of unbranched alkanes of at least 4 members (excludes halogenated alkanes) is 22. The van der Waals surface area contributed by atoms with Gasteiger partial charge in [-0.2, -0.15) is 0 Å². The molecule has 0 aliphatic heterocycles. The lowest BCUT2D eigenvalue weighted by Gasteiger charge is -2.37. The van der Waals surface area contributed by atoms with Crippen LogP contribution < -0.4 is 5.32 Å². The third-order valence-corrected chi connectivity index (χ3v) is 10.4. The zero-order valence-corrected chi connectivity index (χ0v) is 33.1. The summed E-state index contributed by atoms with van der Waals surface area (Å²) in [4.78, 5) is 15.7. The van der Waals surface area contributed by atoms with E-state index in [0.29, 0.717) is 6.42 Å². The van der Waals surface area contributed by atoms with Gasteiger partial charge in [0.1, 0.15) is 0 Å². The molecule has 1 unspecified atom stereocenters. The molecule has 0 spiro atoms. The molecule has 0 bridgehead atoms. The van der Waals surface area contributed by atoms with Gasteiger partial charge in [0.25, 0.3) is 0 Å². The van der Waals surface area contributed by atoms with Crippen molar-refractivity contribution in [3.8, 4) is 0 Å². The van der Waals surface area contributed by atoms with Gasteiger partial charge in [-0.25, -0.2) is 0 Å². The van der Waals surface area contributed by atoms with Crippen LogP contribution in [-0.4, -0.2) is 47.2 Å². The highest BCUT2D eigenvalue weighted by Crippen LogP contribution is 2.19. The minimum atomic E-state index is -0.652. The first-order valence-corrected chi connectivity index (χ1v) is 21.5. The van der Waals surface area contributed by atoms with Crippen LogP contribution in [0, 0.1) is 0 Å². The summed E-state index contributed by atoms with van der Waals surface area (Å²) >= 11 is 0. The van der Waals surface area contributed by atoms with Gasteiger partial charge in [0, 0.05) is 6.42 Å². The summed E-state index contributed by atoms with van der Waals surface area (Å²) in [6, 6.07) is 10.1. The van der Waals surface area contributed by atoms with Crippen LogP contribution >= 0.6 is 0 Å². The molecule has 0 saturated heterocycles. The number of carbonyl (C=O) groups is 1. The molecule has 0 aliphatic rings. The summed E-state index contributed by atoms with van der Waals surface area (Å²) < 4.78 is 0. The lowest BCUT2D eigenvalue weighted by molar-refractivity contribution is -0.123. The summed E-state index contributed by atoms with van der Waals surface area (Å²) in [5, 5.41) is 15.3. The third-order valence-electron chi connectivity index (χ3n) is 10.4. The van der Waals surface area contributed by atoms with E-state index in [1.54, 1.807) is 0 Å². The van der Waals surface area contributed by atoms with Gasteiger partial charge in [0.2, 0.25) is 5.91 Å². The fraction of sp³-hybridized carbons (Fsp3) is 0.800. The number of amides is 1. The van der Waals surface area contributed by atoms with Crippen molar-refractivity contribution in [3.63, 3.8) is 0 Å². The molecular weight excluding hydrogens is 601 g/mol. The molecule has 0 aliphatic carbocycles. The molecule has 0 saturated carbocycles. The molecular formula is C45H82N2O2. The van der Waals surface area contributed by atoms with Gasteiger partial charge in [-0.3, -0.25) is 9.69 Å². The van der Waals surface area contributed by atoms with E-state index in [4.69, 9.17) is 0 Å². The Morgan fingerprint density at radius 1 is 0.612 bits per heavy atom. The monoisotopic (exact) mass is 683 g/mol. The summed E-state index contributed by atoms with van der Waals surface area (Å²) in [6.45, 7) is 10.9. The van der Waals surface area contributed by atoms with Gasteiger partial charge in [-0.1, -0.05) is 211 Å². The molecule has 1 aromatic rings. The molecule has 1 amide bonds. The van der Waals surface area contributed by atoms with E-state index in [0.717, 1.165) is 50.8 Å². The second-order valence-electron chi connectivity index (χ2n) is 14.9. The Morgan fingerprint density at radius 3 is 1.45 bits per heavy atom.